The second kappa shape index (κ2) is 7.17. The Morgan fingerprint density at radius 2 is 2.35 bits per heavy atom. The molecular formula is C17H25N5S. The third kappa shape index (κ3) is 3.93. The fourth-order valence-corrected chi connectivity index (χ4v) is 3.84. The van der Waals surface area contributed by atoms with E-state index in [0.717, 1.165) is 38.6 Å². The number of nitrogens with zero attached hydrogens (tertiary/aromatic N) is 4. The van der Waals surface area contributed by atoms with Crippen LogP contribution >= 0.6 is 11.3 Å². The van der Waals surface area contributed by atoms with Gasteiger partial charge in [-0.15, -0.1) is 11.3 Å². The Kier molecular flexibility index (Phi) is 5.00. The van der Waals surface area contributed by atoms with Gasteiger partial charge in [-0.1, -0.05) is 0 Å². The number of hydrogen-bond acceptors (Lipinski definition) is 3. The number of thiophene rings is 1. The Labute approximate surface area is 142 Å². The summed E-state index contributed by atoms with van der Waals surface area (Å²) in [5.74, 6) is 1.58. The zero-order valence-electron chi connectivity index (χ0n) is 14.1. The van der Waals surface area contributed by atoms with Crippen LogP contribution in [0.25, 0.3) is 0 Å². The number of nitrogens with one attached hydrogen (secondary N) is 1. The monoisotopic (exact) mass is 331 g/mol. The van der Waals surface area contributed by atoms with Crippen LogP contribution in [-0.2, 0) is 13.6 Å². The lowest BCUT2D eigenvalue weighted by Crippen LogP contribution is -2.39. The van der Waals surface area contributed by atoms with Gasteiger partial charge >= 0.3 is 0 Å². The van der Waals surface area contributed by atoms with Crippen LogP contribution < -0.4 is 5.32 Å². The van der Waals surface area contributed by atoms with Crippen LogP contribution in [0.1, 0.15) is 34.6 Å². The average Bonchev–Trinajstić information content (AvgIpc) is 3.24. The van der Waals surface area contributed by atoms with E-state index in [9.17, 15) is 0 Å². The van der Waals surface area contributed by atoms with Crippen LogP contribution in [0.3, 0.4) is 0 Å². The molecule has 1 aliphatic rings. The van der Waals surface area contributed by atoms with Crippen molar-refractivity contribution in [3.05, 3.63) is 39.8 Å². The standard InChI is InChI=1S/C17H25N5S/c1-4-18-17(19-10-16-6-5-13(2)23-16)22-8-7-14(12-22)15-9-20-21(3)11-15/h5-6,9,11,14H,4,7-8,10,12H2,1-3H3,(H,18,19). The number of aryl methyl sites for hydroxylation is 2. The molecule has 1 N–H and O–H groups in total. The van der Waals surface area contributed by atoms with Gasteiger partial charge in [-0.2, -0.15) is 5.10 Å². The highest BCUT2D eigenvalue weighted by Crippen LogP contribution is 2.26. The lowest BCUT2D eigenvalue weighted by atomic mass is 10.0. The summed E-state index contributed by atoms with van der Waals surface area (Å²) >= 11 is 1.83. The molecule has 1 atom stereocenters. The summed E-state index contributed by atoms with van der Waals surface area (Å²) in [5.41, 5.74) is 1.33. The summed E-state index contributed by atoms with van der Waals surface area (Å²) in [6.45, 7) is 7.99. The molecule has 1 aliphatic heterocycles. The summed E-state index contributed by atoms with van der Waals surface area (Å²) in [6.07, 6.45) is 5.29. The third-order valence-electron chi connectivity index (χ3n) is 4.20. The van der Waals surface area contributed by atoms with Crippen molar-refractivity contribution in [2.24, 2.45) is 12.0 Å². The van der Waals surface area contributed by atoms with Gasteiger partial charge in [0.2, 0.25) is 0 Å². The molecule has 0 radical (unpaired) electrons. The smallest absolute Gasteiger partial charge is 0.194 e. The molecule has 1 fully saturated rings. The summed E-state index contributed by atoms with van der Waals surface area (Å²) < 4.78 is 1.89. The normalized spacial score (nSPS) is 18.7. The highest BCUT2D eigenvalue weighted by atomic mass is 32.1. The minimum Gasteiger partial charge on any atom is -0.357 e. The molecule has 0 aliphatic carbocycles. The molecule has 1 saturated heterocycles. The first-order chi connectivity index (χ1) is 11.2. The first kappa shape index (κ1) is 16.1. The van der Waals surface area contributed by atoms with Crippen LogP contribution in [0.4, 0.5) is 0 Å². The van der Waals surface area contributed by atoms with E-state index in [1.165, 1.54) is 15.3 Å². The second-order valence-electron chi connectivity index (χ2n) is 6.06. The quantitative estimate of drug-likeness (QED) is 0.692. The Hall–Kier alpha value is -1.82. The van der Waals surface area contributed by atoms with Crippen LogP contribution in [0.15, 0.2) is 29.5 Å². The van der Waals surface area contributed by atoms with Crippen LogP contribution in [0.2, 0.25) is 0 Å². The van der Waals surface area contributed by atoms with Crippen molar-refractivity contribution >= 4 is 17.3 Å². The summed E-state index contributed by atoms with van der Waals surface area (Å²) in [6, 6.07) is 4.34. The molecule has 0 bridgehead atoms. The van der Waals surface area contributed by atoms with E-state index in [1.807, 2.05) is 29.3 Å². The molecule has 124 valence electrons. The van der Waals surface area contributed by atoms with E-state index >= 15 is 0 Å². The van der Waals surface area contributed by atoms with Gasteiger partial charge in [0.25, 0.3) is 0 Å². The van der Waals surface area contributed by atoms with Gasteiger partial charge in [-0.05, 0) is 38.0 Å². The van der Waals surface area contributed by atoms with E-state index in [2.05, 4.69) is 47.5 Å². The fraction of sp³-hybridized carbons (Fsp3) is 0.529. The van der Waals surface area contributed by atoms with E-state index in [4.69, 9.17) is 4.99 Å². The van der Waals surface area contributed by atoms with Gasteiger partial charge in [0.15, 0.2) is 5.96 Å². The molecule has 2 aromatic heterocycles. The van der Waals surface area contributed by atoms with E-state index < -0.39 is 0 Å². The van der Waals surface area contributed by atoms with Gasteiger partial charge in [0, 0.05) is 48.6 Å². The van der Waals surface area contributed by atoms with E-state index in [0.29, 0.717) is 5.92 Å². The maximum atomic E-state index is 4.83. The number of guanidine groups is 1. The zero-order chi connectivity index (χ0) is 16.2. The van der Waals surface area contributed by atoms with Gasteiger partial charge in [-0.3, -0.25) is 4.68 Å². The number of aromatic nitrogens is 2. The Bertz CT molecular complexity index is 672. The minimum absolute atomic E-state index is 0.552. The van der Waals surface area contributed by atoms with Crippen LogP contribution in [-0.4, -0.2) is 40.3 Å². The van der Waals surface area contributed by atoms with Crippen LogP contribution in [0, 0.1) is 6.92 Å². The molecule has 3 rings (SSSR count). The summed E-state index contributed by atoms with van der Waals surface area (Å²) in [7, 11) is 1.98. The number of likely N-dealkylation sites (tertiary alicyclic amines) is 1. The predicted octanol–water partition coefficient (Wildman–Crippen LogP) is 2.75. The molecular weight excluding hydrogens is 306 g/mol. The maximum Gasteiger partial charge on any atom is 0.194 e. The van der Waals surface area contributed by atoms with Crippen molar-refractivity contribution in [2.75, 3.05) is 19.6 Å². The van der Waals surface area contributed by atoms with Crippen LogP contribution in [0.5, 0.6) is 0 Å². The van der Waals surface area contributed by atoms with Gasteiger partial charge in [0.1, 0.15) is 0 Å². The van der Waals surface area contributed by atoms with Crippen molar-refractivity contribution in [3.63, 3.8) is 0 Å². The molecule has 0 aromatic carbocycles. The fourth-order valence-electron chi connectivity index (χ4n) is 3.02. The van der Waals surface area contributed by atoms with Gasteiger partial charge < -0.3 is 10.2 Å². The molecule has 6 heteroatoms. The zero-order valence-corrected chi connectivity index (χ0v) is 14.9. The third-order valence-corrected chi connectivity index (χ3v) is 5.19. The summed E-state index contributed by atoms with van der Waals surface area (Å²) in [4.78, 5) is 9.88. The van der Waals surface area contributed by atoms with Gasteiger partial charge in [-0.25, -0.2) is 4.99 Å². The lowest BCUT2D eigenvalue weighted by Gasteiger charge is -2.21. The molecule has 1 unspecified atom stereocenters. The SMILES string of the molecule is CCNC(=NCc1ccc(C)s1)N1CCC(c2cnn(C)c2)C1. The molecule has 0 saturated carbocycles. The molecule has 5 nitrogen and oxygen atoms in total. The minimum atomic E-state index is 0.552. The predicted molar refractivity (Wildman–Crippen MR) is 96.0 cm³/mol. The van der Waals surface area contributed by atoms with Crippen molar-refractivity contribution in [1.29, 1.82) is 0 Å². The van der Waals surface area contributed by atoms with Crippen molar-refractivity contribution < 1.29 is 0 Å². The Balaban J connectivity index is 1.66. The average molecular weight is 331 g/mol. The van der Waals surface area contributed by atoms with E-state index in [1.54, 1.807) is 0 Å². The molecule has 0 amide bonds. The van der Waals surface area contributed by atoms with Crippen molar-refractivity contribution in [1.82, 2.24) is 20.0 Å². The highest BCUT2D eigenvalue weighted by molar-refractivity contribution is 7.11. The number of hydrogen-bond donors (Lipinski definition) is 1. The topological polar surface area (TPSA) is 45.5 Å². The largest absolute Gasteiger partial charge is 0.357 e. The van der Waals surface area contributed by atoms with Crippen molar-refractivity contribution in [3.8, 4) is 0 Å². The Morgan fingerprint density at radius 1 is 1.48 bits per heavy atom. The second-order valence-corrected chi connectivity index (χ2v) is 7.43. The van der Waals surface area contributed by atoms with Crippen molar-refractivity contribution in [2.45, 2.75) is 32.7 Å². The highest BCUT2D eigenvalue weighted by Gasteiger charge is 2.26. The number of aliphatic imine (C=N–C) groups is 1. The first-order valence-electron chi connectivity index (χ1n) is 8.23. The molecule has 0 spiro atoms. The number of rotatable bonds is 4. The maximum absolute atomic E-state index is 4.83. The molecule has 2 aromatic rings. The van der Waals surface area contributed by atoms with E-state index in [-0.39, 0.29) is 0 Å². The molecule has 23 heavy (non-hydrogen) atoms. The first-order valence-corrected chi connectivity index (χ1v) is 9.04. The van der Waals surface area contributed by atoms with Gasteiger partial charge in [0.05, 0.1) is 12.7 Å². The summed E-state index contributed by atoms with van der Waals surface area (Å²) in [5, 5.41) is 7.74. The lowest BCUT2D eigenvalue weighted by molar-refractivity contribution is 0.486. The molecule has 3 heterocycles. The Morgan fingerprint density at radius 3 is 3.00 bits per heavy atom.